The molecule has 1 amide bonds. The second kappa shape index (κ2) is 8.27. The molecule has 2 aromatic carbocycles. The minimum absolute atomic E-state index is 0.0467. The Hall–Kier alpha value is -3.20. The fraction of sp³-hybridized carbons (Fsp3) is 0.238. The summed E-state index contributed by atoms with van der Waals surface area (Å²) in [5, 5.41) is 6.52. The summed E-state index contributed by atoms with van der Waals surface area (Å²) in [5.74, 6) is 0.212. The summed E-state index contributed by atoms with van der Waals surface area (Å²) in [6.07, 6.45) is 0.0860. The van der Waals surface area contributed by atoms with Crippen LogP contribution in [0.15, 0.2) is 64.0 Å². The number of halogens is 1. The Morgan fingerprint density at radius 1 is 1.07 bits per heavy atom. The highest BCUT2D eigenvalue weighted by molar-refractivity contribution is 7.92. The van der Waals surface area contributed by atoms with Gasteiger partial charge in [0, 0.05) is 17.2 Å². The van der Waals surface area contributed by atoms with Crippen LogP contribution in [0.3, 0.4) is 0 Å². The number of hydrogen-bond donors (Lipinski definition) is 2. The topological polar surface area (TPSA) is 101 Å². The van der Waals surface area contributed by atoms with Gasteiger partial charge in [0.2, 0.25) is 5.91 Å². The second-order valence-electron chi connectivity index (χ2n) is 7.81. The van der Waals surface area contributed by atoms with Crippen molar-refractivity contribution in [2.24, 2.45) is 0 Å². The van der Waals surface area contributed by atoms with Crippen LogP contribution in [0.5, 0.6) is 0 Å². The van der Waals surface area contributed by atoms with Crippen LogP contribution in [0.25, 0.3) is 0 Å². The van der Waals surface area contributed by atoms with Crippen LogP contribution < -0.4 is 10.0 Å². The maximum Gasteiger partial charge on any atom is 0.261 e. The zero-order chi connectivity index (χ0) is 21.9. The summed E-state index contributed by atoms with van der Waals surface area (Å²) in [5.41, 5.74) is 0.805. The molecule has 0 aliphatic carbocycles. The minimum Gasteiger partial charge on any atom is -0.359 e. The van der Waals surface area contributed by atoms with Gasteiger partial charge in [-0.1, -0.05) is 38.1 Å². The fourth-order valence-corrected chi connectivity index (χ4v) is 3.64. The lowest BCUT2D eigenvalue weighted by molar-refractivity contribution is -0.115. The van der Waals surface area contributed by atoms with Gasteiger partial charge >= 0.3 is 0 Å². The van der Waals surface area contributed by atoms with E-state index < -0.39 is 15.8 Å². The highest BCUT2D eigenvalue weighted by Crippen LogP contribution is 2.24. The number of carbonyl (C=O) groups excluding carboxylic acids is 1. The van der Waals surface area contributed by atoms with Crippen LogP contribution in [-0.2, 0) is 26.7 Å². The normalized spacial score (nSPS) is 11.9. The molecule has 0 aliphatic rings. The largest absolute Gasteiger partial charge is 0.359 e. The van der Waals surface area contributed by atoms with Gasteiger partial charge in [0.1, 0.15) is 11.6 Å². The average molecular weight is 431 g/mol. The summed E-state index contributed by atoms with van der Waals surface area (Å²) in [6, 6.07) is 12.6. The SMILES string of the molecule is CC(C)(C)c1cc(NC(=O)Cc2ccc(NS(=O)(=O)c3ccc(F)cc3)cc2)no1. The van der Waals surface area contributed by atoms with Gasteiger partial charge in [-0.25, -0.2) is 12.8 Å². The van der Waals surface area contributed by atoms with E-state index in [1.54, 1.807) is 30.3 Å². The highest BCUT2D eigenvalue weighted by Gasteiger charge is 2.20. The van der Waals surface area contributed by atoms with Gasteiger partial charge in [-0.2, -0.15) is 0 Å². The Kier molecular flexibility index (Phi) is 5.93. The number of aromatic nitrogens is 1. The van der Waals surface area contributed by atoms with Crippen LogP contribution >= 0.6 is 0 Å². The number of carbonyl (C=O) groups is 1. The standard InChI is InChI=1S/C21H22FN3O4S/c1-21(2,3)18-13-19(24-29-18)23-20(26)12-14-4-8-16(9-5-14)25-30(27,28)17-10-6-15(22)7-11-17/h4-11,13,25H,12H2,1-3H3,(H,23,24,26). The average Bonchev–Trinajstić information content (AvgIpc) is 3.12. The molecule has 7 nitrogen and oxygen atoms in total. The first-order valence-electron chi connectivity index (χ1n) is 9.17. The summed E-state index contributed by atoms with van der Waals surface area (Å²) >= 11 is 0. The molecular weight excluding hydrogens is 409 g/mol. The van der Waals surface area contributed by atoms with E-state index in [2.05, 4.69) is 15.2 Å². The smallest absolute Gasteiger partial charge is 0.261 e. The van der Waals surface area contributed by atoms with Crippen molar-refractivity contribution in [3.8, 4) is 0 Å². The number of nitrogens with one attached hydrogen (secondary N) is 2. The van der Waals surface area contributed by atoms with Crippen LogP contribution in [-0.4, -0.2) is 19.5 Å². The van der Waals surface area contributed by atoms with E-state index >= 15 is 0 Å². The molecule has 0 fully saturated rings. The molecule has 0 saturated carbocycles. The van der Waals surface area contributed by atoms with Crippen molar-refractivity contribution < 1.29 is 22.1 Å². The Morgan fingerprint density at radius 2 is 1.70 bits per heavy atom. The lowest BCUT2D eigenvalue weighted by atomic mass is 9.93. The van der Waals surface area contributed by atoms with Gasteiger partial charge in [0.25, 0.3) is 10.0 Å². The third kappa shape index (κ3) is 5.44. The molecule has 9 heteroatoms. The van der Waals surface area contributed by atoms with Crippen molar-refractivity contribution in [2.45, 2.75) is 37.5 Å². The number of benzene rings is 2. The minimum atomic E-state index is -3.83. The van der Waals surface area contributed by atoms with E-state index in [-0.39, 0.29) is 22.6 Å². The molecule has 0 unspecified atom stereocenters. The lowest BCUT2D eigenvalue weighted by Crippen LogP contribution is -2.15. The molecule has 0 saturated heterocycles. The molecule has 30 heavy (non-hydrogen) atoms. The first-order chi connectivity index (χ1) is 14.0. The van der Waals surface area contributed by atoms with Gasteiger partial charge < -0.3 is 9.84 Å². The number of anilines is 2. The van der Waals surface area contributed by atoms with Crippen molar-refractivity contribution >= 4 is 27.4 Å². The van der Waals surface area contributed by atoms with Gasteiger partial charge in [0.15, 0.2) is 5.82 Å². The molecule has 0 bridgehead atoms. The molecular formula is C21H22FN3O4S. The maximum absolute atomic E-state index is 13.0. The molecule has 0 spiro atoms. The van der Waals surface area contributed by atoms with E-state index in [0.717, 1.165) is 12.1 Å². The van der Waals surface area contributed by atoms with Crippen LogP contribution in [0, 0.1) is 5.82 Å². The zero-order valence-corrected chi connectivity index (χ0v) is 17.6. The molecule has 2 N–H and O–H groups in total. The predicted molar refractivity (Wildman–Crippen MR) is 111 cm³/mol. The third-order valence-corrected chi connectivity index (χ3v) is 5.61. The van der Waals surface area contributed by atoms with E-state index in [4.69, 9.17) is 4.52 Å². The second-order valence-corrected chi connectivity index (χ2v) is 9.49. The van der Waals surface area contributed by atoms with E-state index in [1.807, 2.05) is 20.8 Å². The van der Waals surface area contributed by atoms with Crippen LogP contribution in [0.1, 0.15) is 32.1 Å². The van der Waals surface area contributed by atoms with E-state index in [0.29, 0.717) is 22.8 Å². The van der Waals surface area contributed by atoms with E-state index in [1.165, 1.54) is 12.1 Å². The summed E-state index contributed by atoms with van der Waals surface area (Å²) < 4.78 is 45.3. The van der Waals surface area contributed by atoms with E-state index in [9.17, 15) is 17.6 Å². The summed E-state index contributed by atoms with van der Waals surface area (Å²) in [6.45, 7) is 5.93. The van der Waals surface area contributed by atoms with Gasteiger partial charge in [-0.15, -0.1) is 0 Å². The van der Waals surface area contributed by atoms with Crippen molar-refractivity contribution in [3.63, 3.8) is 0 Å². The van der Waals surface area contributed by atoms with Crippen molar-refractivity contribution in [2.75, 3.05) is 10.0 Å². The van der Waals surface area contributed by atoms with Gasteiger partial charge in [0.05, 0.1) is 11.3 Å². The Morgan fingerprint density at radius 3 is 2.27 bits per heavy atom. The first-order valence-corrected chi connectivity index (χ1v) is 10.7. The predicted octanol–water partition coefficient (Wildman–Crippen LogP) is 4.09. The highest BCUT2D eigenvalue weighted by atomic mass is 32.2. The van der Waals surface area contributed by atoms with Gasteiger partial charge in [-0.3, -0.25) is 9.52 Å². The third-order valence-electron chi connectivity index (χ3n) is 4.21. The molecule has 3 aromatic rings. The number of sulfonamides is 1. The maximum atomic E-state index is 13.0. The molecule has 0 radical (unpaired) electrons. The van der Waals surface area contributed by atoms with Crippen LogP contribution in [0.4, 0.5) is 15.9 Å². The fourth-order valence-electron chi connectivity index (χ4n) is 2.58. The van der Waals surface area contributed by atoms with Gasteiger partial charge in [-0.05, 0) is 42.0 Å². The molecule has 1 heterocycles. The summed E-state index contributed by atoms with van der Waals surface area (Å²) in [4.78, 5) is 12.2. The number of hydrogen-bond acceptors (Lipinski definition) is 5. The van der Waals surface area contributed by atoms with Crippen LogP contribution in [0.2, 0.25) is 0 Å². The first kappa shape index (κ1) is 21.5. The quantitative estimate of drug-likeness (QED) is 0.612. The monoisotopic (exact) mass is 431 g/mol. The zero-order valence-electron chi connectivity index (χ0n) is 16.8. The molecule has 0 atom stereocenters. The number of amides is 1. The molecule has 1 aromatic heterocycles. The molecule has 0 aliphatic heterocycles. The number of rotatable bonds is 6. The lowest BCUT2D eigenvalue weighted by Gasteiger charge is -2.12. The molecule has 158 valence electrons. The Balaban J connectivity index is 1.61. The van der Waals surface area contributed by atoms with Crippen molar-refractivity contribution in [3.05, 3.63) is 71.7 Å². The summed E-state index contributed by atoms with van der Waals surface area (Å²) in [7, 11) is -3.83. The van der Waals surface area contributed by atoms with Crippen molar-refractivity contribution in [1.82, 2.24) is 5.16 Å². The molecule has 3 rings (SSSR count). The Bertz CT molecular complexity index is 1130. The number of nitrogens with zero attached hydrogens (tertiary/aromatic N) is 1. The van der Waals surface area contributed by atoms with Crippen molar-refractivity contribution in [1.29, 1.82) is 0 Å². The Labute approximate surface area is 174 Å².